The largest absolute Gasteiger partial charge is 0.492 e. The number of aromatic nitrogens is 2. The van der Waals surface area contributed by atoms with Crippen LogP contribution in [0.15, 0.2) is 93.2 Å². The third kappa shape index (κ3) is 5.69. The van der Waals surface area contributed by atoms with E-state index in [4.69, 9.17) is 4.74 Å². The maximum Gasteiger partial charge on any atom is 0.276 e. The highest BCUT2D eigenvalue weighted by Gasteiger charge is 2.18. The Bertz CT molecular complexity index is 1440. The molecule has 0 saturated carbocycles. The van der Waals surface area contributed by atoms with Crippen molar-refractivity contribution in [2.24, 2.45) is 0 Å². The zero-order chi connectivity index (χ0) is 24.0. The predicted octanol–water partition coefficient (Wildman–Crippen LogP) is 3.44. The van der Waals surface area contributed by atoms with Gasteiger partial charge in [0.15, 0.2) is 0 Å². The molecule has 0 bridgehead atoms. The Balaban J connectivity index is 1.47. The number of nitrogens with one attached hydrogen (secondary N) is 2. The Morgan fingerprint density at radius 3 is 2.41 bits per heavy atom. The minimum absolute atomic E-state index is 0.00442. The molecule has 0 unspecified atom stereocenters. The Labute approximate surface area is 199 Å². The summed E-state index contributed by atoms with van der Waals surface area (Å²) < 4.78 is 34.5. The number of anilines is 2. The highest BCUT2D eigenvalue weighted by molar-refractivity contribution is 7.94. The molecule has 0 atom stereocenters. The van der Waals surface area contributed by atoms with Crippen LogP contribution in [0.25, 0.3) is 0 Å². The second kappa shape index (κ2) is 10.3. The highest BCUT2D eigenvalue weighted by Crippen LogP contribution is 2.26. The van der Waals surface area contributed by atoms with Gasteiger partial charge in [-0.1, -0.05) is 36.4 Å². The number of thiophene rings is 1. The van der Waals surface area contributed by atoms with Crippen LogP contribution in [0, 0.1) is 0 Å². The molecule has 0 spiro atoms. The van der Waals surface area contributed by atoms with E-state index >= 15 is 0 Å². The van der Waals surface area contributed by atoms with Gasteiger partial charge >= 0.3 is 0 Å². The molecule has 0 radical (unpaired) electrons. The Morgan fingerprint density at radius 1 is 0.941 bits per heavy atom. The van der Waals surface area contributed by atoms with Crippen molar-refractivity contribution < 1.29 is 17.9 Å². The van der Waals surface area contributed by atoms with Crippen LogP contribution in [0.2, 0.25) is 0 Å². The van der Waals surface area contributed by atoms with Crippen LogP contribution in [0.1, 0.15) is 10.5 Å². The number of hydrogen-bond donors (Lipinski definition) is 2. The average molecular weight is 497 g/mol. The minimum Gasteiger partial charge on any atom is -0.492 e. The lowest BCUT2D eigenvalue weighted by atomic mass is 10.2. The summed E-state index contributed by atoms with van der Waals surface area (Å²) in [6.07, 6.45) is 0. The summed E-state index contributed by atoms with van der Waals surface area (Å²) in [5, 5.41) is 8.43. The molecule has 2 aromatic heterocycles. The monoisotopic (exact) mass is 496 g/mol. The molecule has 9 nitrogen and oxygen atoms in total. The SMILES string of the molecule is O=C(Nc1ccccc1NS(=O)(=O)c1cccs1)c1ccc(=O)n(CCOc2ccccc2)n1. The molecule has 0 aliphatic rings. The molecule has 0 aliphatic heterocycles. The van der Waals surface area contributed by atoms with Crippen molar-refractivity contribution >= 4 is 38.6 Å². The number of rotatable bonds is 9. The number of nitrogens with zero attached hydrogens (tertiary/aromatic N) is 2. The van der Waals surface area contributed by atoms with Gasteiger partial charge in [0.1, 0.15) is 22.3 Å². The Kier molecular flexibility index (Phi) is 7.04. The summed E-state index contributed by atoms with van der Waals surface area (Å²) >= 11 is 1.08. The van der Waals surface area contributed by atoms with Crippen molar-refractivity contribution in [2.75, 3.05) is 16.6 Å². The maximum absolute atomic E-state index is 12.8. The van der Waals surface area contributed by atoms with Crippen molar-refractivity contribution in [3.63, 3.8) is 0 Å². The molecule has 4 rings (SSSR count). The fourth-order valence-electron chi connectivity index (χ4n) is 2.98. The van der Waals surface area contributed by atoms with E-state index in [2.05, 4.69) is 15.1 Å². The Hall–Kier alpha value is -3.96. The summed E-state index contributed by atoms with van der Waals surface area (Å²) in [7, 11) is -3.80. The first-order valence-electron chi connectivity index (χ1n) is 10.1. The van der Waals surface area contributed by atoms with Gasteiger partial charge in [-0.25, -0.2) is 13.1 Å². The van der Waals surface area contributed by atoms with Gasteiger partial charge in [0.2, 0.25) is 0 Å². The van der Waals surface area contributed by atoms with Gasteiger partial charge in [-0.05, 0) is 41.8 Å². The molecular formula is C23H20N4O5S2. The predicted molar refractivity (Wildman–Crippen MR) is 130 cm³/mol. The fraction of sp³-hybridized carbons (Fsp3) is 0.0870. The molecule has 11 heteroatoms. The number of benzene rings is 2. The first-order chi connectivity index (χ1) is 16.4. The van der Waals surface area contributed by atoms with Crippen LogP contribution < -0.4 is 20.3 Å². The van der Waals surface area contributed by atoms with E-state index in [1.54, 1.807) is 41.8 Å². The van der Waals surface area contributed by atoms with Crippen LogP contribution in [0.4, 0.5) is 11.4 Å². The lowest BCUT2D eigenvalue weighted by molar-refractivity contribution is 0.101. The number of para-hydroxylation sites is 3. The lowest BCUT2D eigenvalue weighted by Gasteiger charge is -2.13. The van der Waals surface area contributed by atoms with E-state index in [0.29, 0.717) is 5.75 Å². The molecular weight excluding hydrogens is 476 g/mol. The maximum atomic E-state index is 12.8. The van der Waals surface area contributed by atoms with Crippen LogP contribution in [-0.4, -0.2) is 30.7 Å². The normalized spacial score (nSPS) is 11.1. The van der Waals surface area contributed by atoms with Crippen molar-refractivity contribution in [3.8, 4) is 5.75 Å². The van der Waals surface area contributed by atoms with Gasteiger partial charge < -0.3 is 10.1 Å². The molecule has 4 aromatic rings. The number of carbonyl (C=O) groups is 1. The standard InChI is InChI=1S/C23H20N4O5S2/c28-21-13-12-20(25-27(21)14-15-32-17-7-2-1-3-8-17)23(29)24-18-9-4-5-10-19(18)26-34(30,31)22-11-6-16-33-22/h1-13,16,26H,14-15H2,(H,24,29). The van der Waals surface area contributed by atoms with Gasteiger partial charge in [-0.2, -0.15) is 5.10 Å². The number of carbonyl (C=O) groups excluding carboxylic acids is 1. The number of ether oxygens (including phenoxy) is 1. The number of amides is 1. The van der Waals surface area contributed by atoms with E-state index in [9.17, 15) is 18.0 Å². The van der Waals surface area contributed by atoms with Crippen molar-refractivity contribution in [3.05, 3.63) is 100 Å². The third-order valence-electron chi connectivity index (χ3n) is 4.59. The average Bonchev–Trinajstić information content (AvgIpc) is 3.38. The molecule has 34 heavy (non-hydrogen) atoms. The van der Waals surface area contributed by atoms with Gasteiger partial charge in [0, 0.05) is 6.07 Å². The van der Waals surface area contributed by atoms with E-state index in [1.807, 2.05) is 18.2 Å². The van der Waals surface area contributed by atoms with Gasteiger partial charge in [0.25, 0.3) is 21.5 Å². The van der Waals surface area contributed by atoms with Crippen LogP contribution in [0.5, 0.6) is 5.75 Å². The molecule has 0 saturated heterocycles. The van der Waals surface area contributed by atoms with Gasteiger partial charge in [0.05, 0.1) is 17.9 Å². The summed E-state index contributed by atoms with van der Waals surface area (Å²) in [6, 6.07) is 21.2. The molecule has 2 N–H and O–H groups in total. The summed E-state index contributed by atoms with van der Waals surface area (Å²) in [5.41, 5.74) is 0.0703. The van der Waals surface area contributed by atoms with Gasteiger partial charge in [-0.15, -0.1) is 11.3 Å². The summed E-state index contributed by atoms with van der Waals surface area (Å²) in [4.78, 5) is 25.0. The second-order valence-corrected chi connectivity index (χ2v) is 9.84. The van der Waals surface area contributed by atoms with Crippen LogP contribution >= 0.6 is 11.3 Å². The molecule has 1 amide bonds. The summed E-state index contributed by atoms with van der Waals surface area (Å²) in [5.74, 6) is 0.0616. The minimum atomic E-state index is -3.80. The second-order valence-electron chi connectivity index (χ2n) is 6.98. The Morgan fingerprint density at radius 2 is 1.68 bits per heavy atom. The zero-order valence-electron chi connectivity index (χ0n) is 17.7. The topological polar surface area (TPSA) is 119 Å². The van der Waals surface area contributed by atoms with E-state index in [-0.39, 0.29) is 40.0 Å². The summed E-state index contributed by atoms with van der Waals surface area (Å²) in [6.45, 7) is 0.335. The van der Waals surface area contributed by atoms with E-state index in [1.165, 1.54) is 24.3 Å². The van der Waals surface area contributed by atoms with Crippen LogP contribution in [-0.2, 0) is 16.6 Å². The van der Waals surface area contributed by atoms with E-state index < -0.39 is 15.9 Å². The van der Waals surface area contributed by atoms with Crippen molar-refractivity contribution in [2.45, 2.75) is 10.8 Å². The van der Waals surface area contributed by atoms with Gasteiger partial charge in [-0.3, -0.25) is 14.3 Å². The lowest BCUT2D eigenvalue weighted by Crippen LogP contribution is -2.28. The van der Waals surface area contributed by atoms with E-state index in [0.717, 1.165) is 16.0 Å². The van der Waals surface area contributed by atoms with Crippen molar-refractivity contribution in [1.82, 2.24) is 9.78 Å². The molecule has 174 valence electrons. The highest BCUT2D eigenvalue weighted by atomic mass is 32.2. The molecule has 0 fully saturated rings. The smallest absolute Gasteiger partial charge is 0.276 e. The van der Waals surface area contributed by atoms with Crippen molar-refractivity contribution in [1.29, 1.82) is 0 Å². The molecule has 0 aliphatic carbocycles. The first kappa shape index (κ1) is 23.2. The first-order valence-corrected chi connectivity index (χ1v) is 12.5. The number of hydrogen-bond acceptors (Lipinski definition) is 7. The zero-order valence-corrected chi connectivity index (χ0v) is 19.4. The molecule has 2 aromatic carbocycles. The molecule has 2 heterocycles. The fourth-order valence-corrected chi connectivity index (χ4v) is 5.05. The third-order valence-corrected chi connectivity index (χ3v) is 7.36. The quantitative estimate of drug-likeness (QED) is 0.366. The number of sulfonamides is 1. The van der Waals surface area contributed by atoms with Crippen LogP contribution in [0.3, 0.4) is 0 Å².